The van der Waals surface area contributed by atoms with Crippen LogP contribution in [-0.4, -0.2) is 23.5 Å². The molecule has 0 amide bonds. The van der Waals surface area contributed by atoms with Crippen LogP contribution in [0.15, 0.2) is 0 Å². The van der Waals surface area contributed by atoms with Crippen LogP contribution < -0.4 is 0 Å². The Morgan fingerprint density at radius 2 is 1.57 bits per heavy atom. The largest absolute Gasteiger partial charge is 0.297 e. The summed E-state index contributed by atoms with van der Waals surface area (Å²) in [6, 6.07) is 1.80. The van der Waals surface area contributed by atoms with Gasteiger partial charge in [-0.1, -0.05) is 40.0 Å². The molecule has 1 aliphatic carbocycles. The Kier molecular flexibility index (Phi) is 2.88. The summed E-state index contributed by atoms with van der Waals surface area (Å²) >= 11 is 0. The van der Waals surface area contributed by atoms with Gasteiger partial charge in [0.25, 0.3) is 0 Å². The number of rotatable bonds is 1. The first kappa shape index (κ1) is 10.5. The first-order valence-electron chi connectivity index (χ1n) is 6.35. The van der Waals surface area contributed by atoms with E-state index in [4.69, 9.17) is 0 Å². The summed E-state index contributed by atoms with van der Waals surface area (Å²) in [6.07, 6.45) is 8.78. The summed E-state index contributed by atoms with van der Waals surface area (Å²) in [5, 5.41) is 0. The molecule has 1 atom stereocenters. The summed E-state index contributed by atoms with van der Waals surface area (Å²) in [6.45, 7) is 8.55. The highest BCUT2D eigenvalue weighted by atomic mass is 15.2. The van der Waals surface area contributed by atoms with Crippen LogP contribution in [-0.2, 0) is 0 Å². The van der Waals surface area contributed by atoms with Crippen molar-refractivity contribution in [2.24, 2.45) is 5.41 Å². The van der Waals surface area contributed by atoms with Crippen LogP contribution in [0.1, 0.15) is 59.3 Å². The summed E-state index contributed by atoms with van der Waals surface area (Å²) in [5.74, 6) is 0. The Balaban J connectivity index is 1.91. The Morgan fingerprint density at radius 3 is 2.00 bits per heavy atom. The molecule has 1 unspecified atom stereocenters. The Labute approximate surface area is 88.9 Å². The molecule has 1 nitrogen and oxygen atoms in total. The SMILES string of the molecule is CC(C)(C)C1CCN1C1CCCCC1. The fourth-order valence-corrected chi connectivity index (χ4v) is 3.19. The lowest BCUT2D eigenvalue weighted by Crippen LogP contribution is -2.58. The molecule has 0 N–H and O–H groups in total. The highest BCUT2D eigenvalue weighted by Gasteiger charge is 2.40. The first-order valence-corrected chi connectivity index (χ1v) is 6.35. The zero-order chi connectivity index (χ0) is 10.2. The van der Waals surface area contributed by atoms with Crippen molar-refractivity contribution in [1.82, 2.24) is 4.90 Å². The van der Waals surface area contributed by atoms with Gasteiger partial charge in [-0.2, -0.15) is 0 Å². The van der Waals surface area contributed by atoms with Crippen molar-refractivity contribution in [3.05, 3.63) is 0 Å². The maximum absolute atomic E-state index is 2.79. The third-order valence-corrected chi connectivity index (χ3v) is 4.10. The van der Waals surface area contributed by atoms with Crippen LogP contribution >= 0.6 is 0 Å². The Hall–Kier alpha value is -0.0400. The molecule has 2 aliphatic rings. The summed E-state index contributed by atoms with van der Waals surface area (Å²) < 4.78 is 0. The molecule has 1 aliphatic heterocycles. The molecule has 0 bridgehead atoms. The van der Waals surface area contributed by atoms with Crippen molar-refractivity contribution in [1.29, 1.82) is 0 Å². The van der Waals surface area contributed by atoms with Crippen LogP contribution in [0.25, 0.3) is 0 Å². The summed E-state index contributed by atoms with van der Waals surface area (Å²) in [4.78, 5) is 2.79. The zero-order valence-electron chi connectivity index (χ0n) is 10.1. The van der Waals surface area contributed by atoms with Crippen molar-refractivity contribution >= 4 is 0 Å². The molecule has 0 aromatic heterocycles. The molecule has 1 heterocycles. The van der Waals surface area contributed by atoms with Gasteiger partial charge in [0.1, 0.15) is 0 Å². The van der Waals surface area contributed by atoms with Gasteiger partial charge in [-0.05, 0) is 24.7 Å². The van der Waals surface area contributed by atoms with E-state index in [1.807, 2.05) is 0 Å². The molecule has 2 fully saturated rings. The second-order valence-electron chi connectivity index (χ2n) is 6.20. The van der Waals surface area contributed by atoms with Gasteiger partial charge in [0, 0.05) is 18.6 Å². The van der Waals surface area contributed by atoms with E-state index in [0.29, 0.717) is 5.41 Å². The van der Waals surface area contributed by atoms with Crippen molar-refractivity contribution in [3.63, 3.8) is 0 Å². The highest BCUT2D eigenvalue weighted by molar-refractivity contribution is 4.95. The lowest BCUT2D eigenvalue weighted by Gasteiger charge is -2.53. The van der Waals surface area contributed by atoms with E-state index in [2.05, 4.69) is 25.7 Å². The summed E-state index contributed by atoms with van der Waals surface area (Å²) in [5.41, 5.74) is 0.496. The minimum atomic E-state index is 0.496. The van der Waals surface area contributed by atoms with Crippen molar-refractivity contribution in [2.75, 3.05) is 6.54 Å². The van der Waals surface area contributed by atoms with Crippen LogP contribution in [0, 0.1) is 5.41 Å². The maximum atomic E-state index is 2.79. The third kappa shape index (κ3) is 1.98. The molecule has 0 aromatic carbocycles. The maximum Gasteiger partial charge on any atom is 0.0159 e. The molecule has 0 radical (unpaired) electrons. The molecule has 1 saturated heterocycles. The second-order valence-corrected chi connectivity index (χ2v) is 6.20. The number of nitrogens with zero attached hydrogens (tertiary/aromatic N) is 1. The molecule has 0 spiro atoms. The van der Waals surface area contributed by atoms with E-state index in [9.17, 15) is 0 Å². The molecular weight excluding hydrogens is 170 g/mol. The molecular formula is C13H25N. The fraction of sp³-hybridized carbons (Fsp3) is 1.00. The molecule has 14 heavy (non-hydrogen) atoms. The normalized spacial score (nSPS) is 31.5. The predicted molar refractivity (Wildman–Crippen MR) is 61.4 cm³/mol. The molecule has 1 heteroatoms. The van der Waals surface area contributed by atoms with Crippen molar-refractivity contribution in [3.8, 4) is 0 Å². The van der Waals surface area contributed by atoms with Gasteiger partial charge in [-0.3, -0.25) is 4.90 Å². The molecule has 2 rings (SSSR count). The van der Waals surface area contributed by atoms with E-state index in [-0.39, 0.29) is 0 Å². The van der Waals surface area contributed by atoms with E-state index in [0.717, 1.165) is 12.1 Å². The first-order chi connectivity index (χ1) is 6.59. The average molecular weight is 195 g/mol. The summed E-state index contributed by atoms with van der Waals surface area (Å²) in [7, 11) is 0. The molecule has 82 valence electrons. The Bertz CT molecular complexity index is 186. The average Bonchev–Trinajstić information content (AvgIpc) is 2.00. The van der Waals surface area contributed by atoms with E-state index >= 15 is 0 Å². The zero-order valence-corrected chi connectivity index (χ0v) is 10.1. The van der Waals surface area contributed by atoms with Crippen LogP contribution in [0.4, 0.5) is 0 Å². The van der Waals surface area contributed by atoms with Gasteiger partial charge in [-0.15, -0.1) is 0 Å². The molecule has 1 saturated carbocycles. The van der Waals surface area contributed by atoms with Crippen LogP contribution in [0.3, 0.4) is 0 Å². The molecule has 0 aromatic rings. The number of likely N-dealkylation sites (tertiary alicyclic amines) is 1. The minimum absolute atomic E-state index is 0.496. The third-order valence-electron chi connectivity index (χ3n) is 4.10. The number of hydrogen-bond acceptors (Lipinski definition) is 1. The lowest BCUT2D eigenvalue weighted by molar-refractivity contribution is -0.0343. The smallest absolute Gasteiger partial charge is 0.0159 e. The van der Waals surface area contributed by atoms with Crippen molar-refractivity contribution in [2.45, 2.75) is 71.4 Å². The van der Waals surface area contributed by atoms with Gasteiger partial charge >= 0.3 is 0 Å². The highest BCUT2D eigenvalue weighted by Crippen LogP contribution is 2.38. The van der Waals surface area contributed by atoms with Gasteiger partial charge < -0.3 is 0 Å². The van der Waals surface area contributed by atoms with Crippen molar-refractivity contribution < 1.29 is 0 Å². The predicted octanol–water partition coefficient (Wildman–Crippen LogP) is 3.44. The van der Waals surface area contributed by atoms with Gasteiger partial charge in [0.15, 0.2) is 0 Å². The lowest BCUT2D eigenvalue weighted by atomic mass is 9.77. The van der Waals surface area contributed by atoms with Gasteiger partial charge in [0.05, 0.1) is 0 Å². The van der Waals surface area contributed by atoms with Gasteiger partial charge in [-0.25, -0.2) is 0 Å². The van der Waals surface area contributed by atoms with Crippen LogP contribution in [0.5, 0.6) is 0 Å². The van der Waals surface area contributed by atoms with Crippen LogP contribution in [0.2, 0.25) is 0 Å². The van der Waals surface area contributed by atoms with E-state index < -0.39 is 0 Å². The number of hydrogen-bond donors (Lipinski definition) is 0. The Morgan fingerprint density at radius 1 is 0.929 bits per heavy atom. The standard InChI is InChI=1S/C13H25N/c1-13(2,3)12-9-10-14(12)11-7-5-4-6-8-11/h11-12H,4-10H2,1-3H3. The minimum Gasteiger partial charge on any atom is -0.297 e. The monoisotopic (exact) mass is 195 g/mol. The van der Waals surface area contributed by atoms with Gasteiger partial charge in [0.2, 0.25) is 0 Å². The van der Waals surface area contributed by atoms with E-state index in [1.54, 1.807) is 0 Å². The topological polar surface area (TPSA) is 3.24 Å². The fourth-order valence-electron chi connectivity index (χ4n) is 3.19. The van der Waals surface area contributed by atoms with E-state index in [1.165, 1.54) is 45.1 Å². The quantitative estimate of drug-likeness (QED) is 0.619. The second kappa shape index (κ2) is 3.84.